The highest BCUT2D eigenvalue weighted by atomic mass is 31.2. The van der Waals surface area contributed by atoms with E-state index in [1.54, 1.807) is 0 Å². The summed E-state index contributed by atoms with van der Waals surface area (Å²) >= 11 is 0. The highest BCUT2D eigenvalue weighted by molar-refractivity contribution is 8.13. The first-order chi connectivity index (χ1) is 22.0. The van der Waals surface area contributed by atoms with Crippen molar-refractivity contribution in [2.24, 2.45) is 0 Å². The second-order valence-corrected chi connectivity index (χ2v) is 15.8. The Balaban J connectivity index is 3.08. The molecule has 0 saturated carbocycles. The van der Waals surface area contributed by atoms with Crippen molar-refractivity contribution in [3.05, 3.63) is 87.3 Å². The molecule has 3 rings (SSSR count). The Hall–Kier alpha value is -2.90. The van der Waals surface area contributed by atoms with Crippen LogP contribution in [-0.2, 0) is 0 Å². The van der Waals surface area contributed by atoms with E-state index in [0.29, 0.717) is 0 Å². The molecule has 0 spiro atoms. The summed E-state index contributed by atoms with van der Waals surface area (Å²) in [4.78, 5) is 0. The molecule has 0 fully saturated rings. The van der Waals surface area contributed by atoms with Gasteiger partial charge in [0, 0.05) is 18.5 Å². The fraction of sp³-hybridized carbons (Fsp3) is 0.400. The lowest BCUT2D eigenvalue weighted by molar-refractivity contribution is 0.380. The van der Waals surface area contributed by atoms with Gasteiger partial charge >= 0.3 is 0 Å². The Labute approximate surface area is 260 Å². The quantitative estimate of drug-likeness (QED) is 0.0545. The molecule has 0 atom stereocenters. The van der Waals surface area contributed by atoms with Crippen molar-refractivity contribution < 1.29 is 65.9 Å². The first kappa shape index (κ1) is 38.6. The summed E-state index contributed by atoms with van der Waals surface area (Å²) in [5.74, 6) is -49.4. The zero-order chi connectivity index (χ0) is 35.8. The van der Waals surface area contributed by atoms with Crippen LogP contribution in [0, 0.1) is 87.3 Å². The van der Waals surface area contributed by atoms with Crippen LogP contribution in [0.3, 0.4) is 0 Å². The predicted octanol–water partition coefficient (Wildman–Crippen LogP) is 9.16. The largest absolute Gasteiger partial charge is 0.263 e. The third kappa shape index (κ3) is 5.90. The van der Waals surface area contributed by atoms with Gasteiger partial charge in [-0.15, -0.1) is 7.14 Å². The highest BCUT2D eigenvalue weighted by Gasteiger charge is 2.63. The van der Waals surface area contributed by atoms with Crippen LogP contribution in [0.1, 0.15) is 59.3 Å². The predicted molar refractivity (Wildman–Crippen MR) is 150 cm³/mol. The molecular formula is C30H27BF15P. The van der Waals surface area contributed by atoms with Crippen LogP contribution in [0.4, 0.5) is 65.9 Å². The van der Waals surface area contributed by atoms with Crippen LogP contribution in [0.25, 0.3) is 0 Å². The number of rotatable bonds is 13. The Bertz CT molecular complexity index is 1400. The Morgan fingerprint density at radius 2 is 0.489 bits per heavy atom. The van der Waals surface area contributed by atoms with E-state index in [4.69, 9.17) is 0 Å². The molecule has 260 valence electrons. The van der Waals surface area contributed by atoms with Gasteiger partial charge in [-0.1, -0.05) is 56.4 Å². The monoisotopic (exact) mass is 714 g/mol. The first-order valence-corrected chi connectivity index (χ1v) is 16.9. The van der Waals surface area contributed by atoms with Gasteiger partial charge in [0.25, 0.3) is 5.87 Å². The van der Waals surface area contributed by atoms with E-state index in [1.165, 1.54) is 20.8 Å². The fourth-order valence-electron chi connectivity index (χ4n) is 6.56. The number of hydrogen-bond acceptors (Lipinski definition) is 0. The first-order valence-electron chi connectivity index (χ1n) is 14.5. The van der Waals surface area contributed by atoms with Gasteiger partial charge in [0.15, 0.2) is 52.4 Å². The molecule has 0 aliphatic heterocycles. The molecule has 47 heavy (non-hydrogen) atoms. The number of unbranched alkanes of at least 4 members (excludes halogenated alkanes) is 3. The van der Waals surface area contributed by atoms with Crippen LogP contribution < -0.4 is 16.4 Å². The average molecular weight is 714 g/mol. The van der Waals surface area contributed by atoms with Crippen molar-refractivity contribution in [3.63, 3.8) is 0 Å². The molecule has 0 aliphatic rings. The Morgan fingerprint density at radius 1 is 0.319 bits per heavy atom. The number of benzene rings is 3. The molecule has 0 saturated heterocycles. The van der Waals surface area contributed by atoms with E-state index in [0.717, 1.165) is 0 Å². The molecule has 0 nitrogen and oxygen atoms in total. The van der Waals surface area contributed by atoms with Crippen LogP contribution in [-0.4, -0.2) is 24.4 Å². The summed E-state index contributed by atoms with van der Waals surface area (Å²) in [6.07, 6.45) is -2.20. The van der Waals surface area contributed by atoms with E-state index < -0.39 is 135 Å². The Morgan fingerprint density at radius 3 is 0.660 bits per heavy atom. The maximum absolute atomic E-state index is 16.2. The van der Waals surface area contributed by atoms with Crippen molar-refractivity contribution >= 4 is 29.4 Å². The van der Waals surface area contributed by atoms with Crippen LogP contribution >= 0.6 is 7.14 Å². The lowest BCUT2D eigenvalue weighted by atomic mass is 9.33. The van der Waals surface area contributed by atoms with Crippen molar-refractivity contribution in [3.8, 4) is 0 Å². The molecular weight excluding hydrogens is 687 g/mol. The molecule has 0 N–H and O–H groups in total. The summed E-state index contributed by atoms with van der Waals surface area (Å²) in [5.41, 5.74) is -7.36. The summed E-state index contributed by atoms with van der Waals surface area (Å²) in [6, 6.07) is 0. The summed E-state index contributed by atoms with van der Waals surface area (Å²) in [7, 11) is -4.52. The number of halogens is 15. The zero-order valence-corrected chi connectivity index (χ0v) is 26.0. The van der Waals surface area contributed by atoms with Gasteiger partial charge in [-0.05, 0) is 19.3 Å². The minimum Gasteiger partial charge on any atom is -0.207 e. The van der Waals surface area contributed by atoms with Crippen LogP contribution in [0.5, 0.6) is 0 Å². The van der Waals surface area contributed by atoms with Gasteiger partial charge < -0.3 is 0 Å². The van der Waals surface area contributed by atoms with E-state index >= 15 is 52.7 Å². The van der Waals surface area contributed by atoms with Gasteiger partial charge in [-0.3, -0.25) is 0 Å². The molecule has 0 amide bonds. The molecule has 0 heterocycles. The van der Waals surface area contributed by atoms with Crippen molar-refractivity contribution in [1.82, 2.24) is 0 Å². The van der Waals surface area contributed by atoms with Crippen molar-refractivity contribution in [1.29, 1.82) is 0 Å². The summed E-state index contributed by atoms with van der Waals surface area (Å²) in [5, 5.41) is 0. The standard InChI is InChI=1S/C30H27BF15P/c1-4-7-10-47(11-8-5-2,12-9-6-3)31(13-16(32)22(38)28(44)23(39)17(13)33,14-18(34)24(40)29(45)25(41)19(14)35)15-20(36)26(42)30(46)27(43)21(15)37/h4-12H2,1-3H3. The molecule has 0 aromatic heterocycles. The molecule has 0 bridgehead atoms. The molecule has 3 aromatic carbocycles. The van der Waals surface area contributed by atoms with E-state index in [-0.39, 0.29) is 38.5 Å². The maximum atomic E-state index is 16.2. The zero-order valence-electron chi connectivity index (χ0n) is 25.1. The smallest absolute Gasteiger partial charge is 0.207 e. The highest BCUT2D eigenvalue weighted by Crippen LogP contribution is 2.68. The second kappa shape index (κ2) is 14.7. The third-order valence-electron chi connectivity index (χ3n) is 8.68. The van der Waals surface area contributed by atoms with Crippen molar-refractivity contribution in [2.75, 3.05) is 18.5 Å². The van der Waals surface area contributed by atoms with Crippen LogP contribution in [0.15, 0.2) is 0 Å². The maximum Gasteiger partial charge on any atom is 0.263 e. The topological polar surface area (TPSA) is 0 Å². The average Bonchev–Trinajstić information content (AvgIpc) is 3.05. The van der Waals surface area contributed by atoms with E-state index in [1.807, 2.05) is 0 Å². The van der Waals surface area contributed by atoms with E-state index in [9.17, 15) is 13.2 Å². The van der Waals surface area contributed by atoms with Gasteiger partial charge in [-0.2, -0.15) is 0 Å². The summed E-state index contributed by atoms with van der Waals surface area (Å²) < 4.78 is 230. The van der Waals surface area contributed by atoms with Gasteiger partial charge in [0.1, 0.15) is 34.9 Å². The molecule has 0 radical (unpaired) electrons. The van der Waals surface area contributed by atoms with Gasteiger partial charge in [0.05, 0.1) is 0 Å². The second-order valence-electron chi connectivity index (χ2n) is 11.2. The summed E-state index contributed by atoms with van der Waals surface area (Å²) in [6.45, 7) is 4.45. The molecule has 17 heteroatoms. The van der Waals surface area contributed by atoms with Crippen LogP contribution in [0.2, 0.25) is 0 Å². The SMILES string of the molecule is CCCC[P+](CCCC)(CCCC)[B-](c1c(F)c(F)c(F)c(F)c1F)(c1c(F)c(F)c(F)c(F)c1F)c1c(F)c(F)c(F)c(F)c1F. The van der Waals surface area contributed by atoms with Gasteiger partial charge in [-0.25, -0.2) is 65.9 Å². The van der Waals surface area contributed by atoms with Gasteiger partial charge in [0.2, 0.25) is 0 Å². The van der Waals surface area contributed by atoms with E-state index in [2.05, 4.69) is 0 Å². The molecule has 0 unspecified atom stereocenters. The lowest BCUT2D eigenvalue weighted by Crippen LogP contribution is -2.75. The molecule has 0 aliphatic carbocycles. The molecule has 3 aromatic rings. The number of hydrogen-bond donors (Lipinski definition) is 0. The Kier molecular flexibility index (Phi) is 12.1. The minimum atomic E-state index is -5.52. The minimum absolute atomic E-state index is 0.0808. The fourth-order valence-corrected chi connectivity index (χ4v) is 13.5. The normalized spacial score (nSPS) is 12.4. The third-order valence-corrected chi connectivity index (χ3v) is 14.7. The van der Waals surface area contributed by atoms with Crippen molar-refractivity contribution in [2.45, 2.75) is 59.3 Å². The lowest BCUT2D eigenvalue weighted by Gasteiger charge is -2.53.